The van der Waals surface area contributed by atoms with Crippen molar-refractivity contribution in [3.63, 3.8) is 0 Å². The molecule has 7 heteroatoms. The third kappa shape index (κ3) is 3.82. The Morgan fingerprint density at radius 1 is 1.03 bits per heavy atom. The second kappa shape index (κ2) is 7.83. The Morgan fingerprint density at radius 3 is 2.52 bits per heavy atom. The molecular formula is C24H19N3O2S2. The van der Waals surface area contributed by atoms with Crippen molar-refractivity contribution in [3.05, 3.63) is 72.3 Å². The molecule has 5 rings (SSSR count). The Kier molecular flexibility index (Phi) is 5.00. The number of carbonyl (C=O) groups is 2. The number of rotatable bonds is 4. The second-order valence-corrected chi connectivity index (χ2v) is 9.79. The number of nitrogen functional groups attached to an aromatic ring is 1. The van der Waals surface area contributed by atoms with Gasteiger partial charge in [0, 0.05) is 22.6 Å². The number of imide groups is 1. The van der Waals surface area contributed by atoms with Crippen LogP contribution in [0.2, 0.25) is 0 Å². The van der Waals surface area contributed by atoms with Crippen molar-refractivity contribution in [2.45, 2.75) is 23.5 Å². The van der Waals surface area contributed by atoms with Crippen molar-refractivity contribution in [1.82, 2.24) is 4.98 Å². The summed E-state index contributed by atoms with van der Waals surface area (Å²) in [6.45, 7) is 2.05. The van der Waals surface area contributed by atoms with E-state index in [0.717, 1.165) is 25.7 Å². The van der Waals surface area contributed by atoms with Gasteiger partial charge in [0.05, 0.1) is 21.2 Å². The molecule has 1 aliphatic rings. The number of hydrogen-bond acceptors (Lipinski definition) is 6. The van der Waals surface area contributed by atoms with Gasteiger partial charge >= 0.3 is 0 Å². The highest BCUT2D eigenvalue weighted by Crippen LogP contribution is 2.36. The molecule has 0 bridgehead atoms. The predicted molar refractivity (Wildman–Crippen MR) is 127 cm³/mol. The number of benzene rings is 3. The van der Waals surface area contributed by atoms with Crippen molar-refractivity contribution < 1.29 is 9.59 Å². The summed E-state index contributed by atoms with van der Waals surface area (Å²) in [4.78, 5) is 32.5. The van der Waals surface area contributed by atoms with Crippen molar-refractivity contribution in [2.75, 3.05) is 10.6 Å². The highest BCUT2D eigenvalue weighted by atomic mass is 32.2. The zero-order chi connectivity index (χ0) is 21.5. The van der Waals surface area contributed by atoms with E-state index in [1.807, 2.05) is 36.4 Å². The summed E-state index contributed by atoms with van der Waals surface area (Å²) in [6, 6.07) is 21.0. The fraction of sp³-hybridized carbons (Fsp3) is 0.125. The first-order valence-corrected chi connectivity index (χ1v) is 11.5. The molecule has 4 aromatic rings. The van der Waals surface area contributed by atoms with Crippen LogP contribution in [0.25, 0.3) is 20.8 Å². The molecule has 0 spiro atoms. The molecule has 0 aliphatic carbocycles. The highest BCUT2D eigenvalue weighted by Gasteiger charge is 2.40. The van der Waals surface area contributed by atoms with E-state index in [1.165, 1.54) is 22.2 Å². The van der Waals surface area contributed by atoms with Gasteiger partial charge in [0.15, 0.2) is 0 Å². The molecule has 1 aromatic heterocycles. The lowest BCUT2D eigenvalue weighted by Gasteiger charge is -2.15. The van der Waals surface area contributed by atoms with E-state index in [4.69, 9.17) is 10.7 Å². The van der Waals surface area contributed by atoms with E-state index in [2.05, 4.69) is 25.1 Å². The quantitative estimate of drug-likeness (QED) is 0.342. The number of nitrogens with zero attached hydrogens (tertiary/aromatic N) is 2. The summed E-state index contributed by atoms with van der Waals surface area (Å²) in [7, 11) is 0. The minimum absolute atomic E-state index is 0.179. The smallest absolute Gasteiger partial charge is 0.247 e. The first kappa shape index (κ1) is 19.8. The molecule has 2 heterocycles. The molecule has 2 N–H and O–H groups in total. The predicted octanol–water partition coefficient (Wildman–Crippen LogP) is 5.28. The number of aryl methyl sites for hydroxylation is 1. The van der Waals surface area contributed by atoms with E-state index in [1.54, 1.807) is 23.5 Å². The summed E-state index contributed by atoms with van der Waals surface area (Å²) in [5, 5.41) is 0.492. The van der Waals surface area contributed by atoms with Crippen LogP contribution in [0.15, 0.2) is 71.6 Å². The van der Waals surface area contributed by atoms with Crippen LogP contribution < -0.4 is 10.6 Å². The van der Waals surface area contributed by atoms with Crippen LogP contribution in [0.4, 0.5) is 11.4 Å². The van der Waals surface area contributed by atoms with Crippen LogP contribution in [0.5, 0.6) is 0 Å². The third-order valence-electron chi connectivity index (χ3n) is 5.18. The Morgan fingerprint density at radius 2 is 1.77 bits per heavy atom. The van der Waals surface area contributed by atoms with Gasteiger partial charge in [0.2, 0.25) is 11.8 Å². The number of hydrogen-bond donors (Lipinski definition) is 1. The Bertz CT molecular complexity index is 1300. The largest absolute Gasteiger partial charge is 0.399 e. The highest BCUT2D eigenvalue weighted by molar-refractivity contribution is 8.00. The molecule has 1 fully saturated rings. The van der Waals surface area contributed by atoms with Gasteiger partial charge in [0.1, 0.15) is 5.01 Å². The van der Waals surface area contributed by atoms with Crippen LogP contribution in [-0.4, -0.2) is 22.0 Å². The number of amides is 2. The van der Waals surface area contributed by atoms with Crippen molar-refractivity contribution in [1.29, 1.82) is 0 Å². The minimum Gasteiger partial charge on any atom is -0.399 e. The lowest BCUT2D eigenvalue weighted by Crippen LogP contribution is -2.31. The third-order valence-corrected chi connectivity index (χ3v) is 7.46. The minimum atomic E-state index is -0.427. The molecule has 3 aromatic carbocycles. The zero-order valence-electron chi connectivity index (χ0n) is 16.7. The first-order chi connectivity index (χ1) is 15.0. The Labute approximate surface area is 187 Å². The van der Waals surface area contributed by atoms with Crippen LogP contribution in [-0.2, 0) is 9.59 Å². The maximum atomic E-state index is 12.9. The number of thiazole rings is 1. The molecule has 5 nitrogen and oxygen atoms in total. The van der Waals surface area contributed by atoms with Gasteiger partial charge < -0.3 is 5.73 Å². The van der Waals surface area contributed by atoms with Gasteiger partial charge in [0.25, 0.3) is 0 Å². The van der Waals surface area contributed by atoms with E-state index in [0.29, 0.717) is 11.4 Å². The second-order valence-electron chi connectivity index (χ2n) is 7.48. The lowest BCUT2D eigenvalue weighted by molar-refractivity contribution is -0.121. The normalized spacial score (nSPS) is 16.4. The maximum absolute atomic E-state index is 12.9. The number of anilines is 2. The lowest BCUT2D eigenvalue weighted by atomic mass is 10.2. The van der Waals surface area contributed by atoms with E-state index < -0.39 is 5.25 Å². The molecule has 1 aliphatic heterocycles. The Hall–Kier alpha value is -3.16. The van der Waals surface area contributed by atoms with E-state index in [9.17, 15) is 9.59 Å². The van der Waals surface area contributed by atoms with Gasteiger partial charge in [-0.2, -0.15) is 0 Å². The maximum Gasteiger partial charge on any atom is 0.247 e. The number of nitrogens with two attached hydrogens (primary N) is 1. The van der Waals surface area contributed by atoms with E-state index in [-0.39, 0.29) is 18.2 Å². The summed E-state index contributed by atoms with van der Waals surface area (Å²) < 4.78 is 1.14. The van der Waals surface area contributed by atoms with Crippen LogP contribution in [0, 0.1) is 6.92 Å². The van der Waals surface area contributed by atoms with Crippen molar-refractivity contribution in [2.24, 2.45) is 0 Å². The molecule has 1 atom stereocenters. The van der Waals surface area contributed by atoms with Gasteiger partial charge in [-0.15, -0.1) is 23.1 Å². The zero-order valence-corrected chi connectivity index (χ0v) is 18.4. The summed E-state index contributed by atoms with van der Waals surface area (Å²) in [5.74, 6) is -0.365. The molecule has 31 heavy (non-hydrogen) atoms. The monoisotopic (exact) mass is 445 g/mol. The topological polar surface area (TPSA) is 76.3 Å². The van der Waals surface area contributed by atoms with Crippen LogP contribution in [0.3, 0.4) is 0 Å². The molecule has 0 saturated carbocycles. The number of carbonyl (C=O) groups excluding carboxylic acids is 2. The molecule has 0 radical (unpaired) electrons. The molecule has 1 saturated heterocycles. The fourth-order valence-corrected chi connectivity index (χ4v) is 5.60. The van der Waals surface area contributed by atoms with Gasteiger partial charge in [-0.25, -0.2) is 9.88 Å². The number of thioether (sulfide) groups is 1. The number of fused-ring (bicyclic) bond motifs is 1. The Balaban J connectivity index is 1.36. The van der Waals surface area contributed by atoms with Gasteiger partial charge in [-0.3, -0.25) is 9.59 Å². The van der Waals surface area contributed by atoms with Crippen molar-refractivity contribution >= 4 is 56.5 Å². The molecule has 2 amide bonds. The standard InChI is InChI=1S/C24H19N3O2S2/c1-14-2-11-20-19(12-14)26-23(31-20)15-3-7-17(8-4-15)27-22(28)13-21(24(27)29)30-18-9-5-16(25)6-10-18/h2-12,21H,13,25H2,1H3/t21-/m1/s1. The number of aromatic nitrogens is 1. The average Bonchev–Trinajstić information content (AvgIpc) is 3.30. The average molecular weight is 446 g/mol. The molecule has 0 unspecified atom stereocenters. The van der Waals surface area contributed by atoms with Crippen LogP contribution in [0.1, 0.15) is 12.0 Å². The van der Waals surface area contributed by atoms with Crippen molar-refractivity contribution in [3.8, 4) is 10.6 Å². The molecule has 154 valence electrons. The van der Waals surface area contributed by atoms with Gasteiger partial charge in [-0.05, 0) is 73.2 Å². The summed E-state index contributed by atoms with van der Waals surface area (Å²) in [5.41, 5.74) is 10.1. The van der Waals surface area contributed by atoms with Crippen LogP contribution >= 0.6 is 23.1 Å². The van der Waals surface area contributed by atoms with E-state index >= 15 is 0 Å². The fourth-order valence-electron chi connectivity index (χ4n) is 3.59. The summed E-state index contributed by atoms with van der Waals surface area (Å²) in [6.07, 6.45) is 0.187. The summed E-state index contributed by atoms with van der Waals surface area (Å²) >= 11 is 3.03. The SMILES string of the molecule is Cc1ccc2sc(-c3ccc(N4C(=O)C[C@@H](Sc5ccc(N)cc5)C4=O)cc3)nc2c1. The molecular weight excluding hydrogens is 426 g/mol. The van der Waals surface area contributed by atoms with Gasteiger partial charge in [-0.1, -0.05) is 6.07 Å². The first-order valence-electron chi connectivity index (χ1n) is 9.84.